The Bertz CT molecular complexity index is 735. The van der Waals surface area contributed by atoms with Crippen molar-refractivity contribution in [2.45, 2.75) is 38.8 Å². The smallest absolute Gasteiger partial charge is 0.160 e. The summed E-state index contributed by atoms with van der Waals surface area (Å²) in [4.78, 5) is 12.1. The average molecular weight is 309 g/mol. The van der Waals surface area contributed by atoms with Crippen LogP contribution in [0, 0.1) is 0 Å². The Morgan fingerprint density at radius 3 is 2.48 bits per heavy atom. The third-order valence-electron chi connectivity index (χ3n) is 4.78. The summed E-state index contributed by atoms with van der Waals surface area (Å²) in [7, 11) is 1.69. The van der Waals surface area contributed by atoms with Gasteiger partial charge in [-0.2, -0.15) is 0 Å². The maximum Gasteiger partial charge on any atom is 0.160 e. The third kappa shape index (κ3) is 2.66. The van der Waals surface area contributed by atoms with Gasteiger partial charge in [-0.05, 0) is 44.0 Å². The van der Waals surface area contributed by atoms with Gasteiger partial charge >= 0.3 is 0 Å². The van der Waals surface area contributed by atoms with Crippen LogP contribution in [-0.4, -0.2) is 18.4 Å². The lowest BCUT2D eigenvalue weighted by atomic mass is 9.71. The second-order valence-electron chi connectivity index (χ2n) is 6.68. The molecule has 0 spiro atoms. The molecule has 0 saturated carbocycles. The first-order valence-corrected chi connectivity index (χ1v) is 7.96. The van der Waals surface area contributed by atoms with Crippen LogP contribution >= 0.6 is 0 Å². The van der Waals surface area contributed by atoms with E-state index < -0.39 is 0 Å². The molecule has 0 aliphatic carbocycles. The summed E-state index contributed by atoms with van der Waals surface area (Å²) >= 11 is 0. The molecule has 1 unspecified atom stereocenters. The van der Waals surface area contributed by atoms with Gasteiger partial charge in [-0.25, -0.2) is 0 Å². The fourth-order valence-electron chi connectivity index (χ4n) is 3.67. The predicted molar refractivity (Wildman–Crippen MR) is 92.2 cm³/mol. The first-order chi connectivity index (χ1) is 11.0. The van der Waals surface area contributed by atoms with Crippen molar-refractivity contribution in [3.8, 4) is 5.75 Å². The minimum atomic E-state index is -0.128. The summed E-state index contributed by atoms with van der Waals surface area (Å²) in [6.45, 7) is 6.71. The SMILES string of the molecule is COc1ccc(C(C)=O)c2c1C(c1ccccc1)C(C)(C)NC2. The molecule has 0 fully saturated rings. The molecule has 120 valence electrons. The first kappa shape index (κ1) is 15.8. The molecule has 1 aliphatic heterocycles. The normalized spacial score (nSPS) is 19.0. The van der Waals surface area contributed by atoms with Gasteiger partial charge in [0.15, 0.2) is 5.78 Å². The predicted octanol–water partition coefficient (Wildman–Crippen LogP) is 3.91. The van der Waals surface area contributed by atoms with Crippen molar-refractivity contribution in [1.82, 2.24) is 5.32 Å². The van der Waals surface area contributed by atoms with Gasteiger partial charge in [-0.1, -0.05) is 30.3 Å². The standard InChI is InChI=1S/C20H23NO2/c1-13(22)15-10-11-17(23-4)18-16(15)12-21-20(2,3)19(18)14-8-6-5-7-9-14/h5-11,19,21H,12H2,1-4H3. The third-order valence-corrected chi connectivity index (χ3v) is 4.78. The highest BCUT2D eigenvalue weighted by atomic mass is 16.5. The van der Waals surface area contributed by atoms with Gasteiger partial charge in [-0.15, -0.1) is 0 Å². The van der Waals surface area contributed by atoms with Crippen LogP contribution in [0.4, 0.5) is 0 Å². The van der Waals surface area contributed by atoms with Crippen molar-refractivity contribution in [2.75, 3.05) is 7.11 Å². The number of ketones is 1. The van der Waals surface area contributed by atoms with Gasteiger partial charge in [0.25, 0.3) is 0 Å². The van der Waals surface area contributed by atoms with E-state index in [0.29, 0.717) is 6.54 Å². The number of benzene rings is 2. The number of carbonyl (C=O) groups is 1. The molecule has 1 N–H and O–H groups in total. The zero-order valence-electron chi connectivity index (χ0n) is 14.1. The summed E-state index contributed by atoms with van der Waals surface area (Å²) in [5.41, 5.74) is 4.08. The number of ether oxygens (including phenoxy) is 1. The van der Waals surface area contributed by atoms with E-state index in [-0.39, 0.29) is 17.2 Å². The largest absolute Gasteiger partial charge is 0.496 e. The van der Waals surface area contributed by atoms with Gasteiger partial charge in [0, 0.05) is 29.1 Å². The van der Waals surface area contributed by atoms with Crippen LogP contribution < -0.4 is 10.1 Å². The monoisotopic (exact) mass is 309 g/mol. The van der Waals surface area contributed by atoms with E-state index in [2.05, 4.69) is 43.4 Å². The summed E-state index contributed by atoms with van der Waals surface area (Å²) in [6.07, 6.45) is 0. The molecule has 3 heteroatoms. The van der Waals surface area contributed by atoms with Crippen molar-refractivity contribution in [2.24, 2.45) is 0 Å². The maximum absolute atomic E-state index is 12.1. The lowest BCUT2D eigenvalue weighted by Gasteiger charge is -2.42. The zero-order chi connectivity index (χ0) is 16.6. The Morgan fingerprint density at radius 2 is 1.87 bits per heavy atom. The summed E-state index contributed by atoms with van der Waals surface area (Å²) < 4.78 is 5.65. The molecule has 0 saturated heterocycles. The molecule has 0 aromatic heterocycles. The molecule has 23 heavy (non-hydrogen) atoms. The lowest BCUT2D eigenvalue weighted by Crippen LogP contribution is -2.49. The average Bonchev–Trinajstić information content (AvgIpc) is 2.53. The number of hydrogen-bond acceptors (Lipinski definition) is 3. The molecule has 1 aliphatic rings. The second-order valence-corrected chi connectivity index (χ2v) is 6.68. The van der Waals surface area contributed by atoms with Crippen LogP contribution in [0.5, 0.6) is 5.75 Å². The van der Waals surface area contributed by atoms with Gasteiger partial charge in [-0.3, -0.25) is 4.79 Å². The van der Waals surface area contributed by atoms with Crippen LogP contribution in [0.3, 0.4) is 0 Å². The number of fused-ring (bicyclic) bond motifs is 1. The minimum absolute atomic E-state index is 0.0946. The van der Waals surface area contributed by atoms with Gasteiger partial charge in [0.05, 0.1) is 7.11 Å². The van der Waals surface area contributed by atoms with E-state index in [0.717, 1.165) is 22.4 Å². The Morgan fingerprint density at radius 1 is 1.17 bits per heavy atom. The highest BCUT2D eigenvalue weighted by Crippen LogP contribution is 2.45. The van der Waals surface area contributed by atoms with Crippen LogP contribution in [0.2, 0.25) is 0 Å². The molecular weight excluding hydrogens is 286 g/mol. The Labute approximate surface area is 137 Å². The molecule has 1 heterocycles. The first-order valence-electron chi connectivity index (χ1n) is 7.96. The Kier molecular flexibility index (Phi) is 3.99. The number of hydrogen-bond donors (Lipinski definition) is 1. The fourth-order valence-corrected chi connectivity index (χ4v) is 3.67. The molecule has 2 aromatic carbocycles. The lowest BCUT2D eigenvalue weighted by molar-refractivity contribution is 0.101. The van der Waals surface area contributed by atoms with Crippen molar-refractivity contribution < 1.29 is 9.53 Å². The summed E-state index contributed by atoms with van der Waals surface area (Å²) in [5, 5.41) is 3.60. The van der Waals surface area contributed by atoms with Gasteiger partial charge < -0.3 is 10.1 Å². The quantitative estimate of drug-likeness (QED) is 0.874. The molecule has 2 aromatic rings. The van der Waals surface area contributed by atoms with Gasteiger partial charge in [0.1, 0.15) is 5.75 Å². The number of methoxy groups -OCH3 is 1. The molecule has 3 nitrogen and oxygen atoms in total. The summed E-state index contributed by atoms with van der Waals surface area (Å²) in [5.74, 6) is 1.08. The molecule has 0 radical (unpaired) electrons. The van der Waals surface area contributed by atoms with Gasteiger partial charge in [0.2, 0.25) is 0 Å². The fraction of sp³-hybridized carbons (Fsp3) is 0.350. The summed E-state index contributed by atoms with van der Waals surface area (Å²) in [6, 6.07) is 14.2. The Balaban J connectivity index is 2.29. The van der Waals surface area contributed by atoms with E-state index in [9.17, 15) is 4.79 Å². The highest BCUT2D eigenvalue weighted by Gasteiger charge is 2.39. The van der Waals surface area contributed by atoms with Crippen molar-refractivity contribution >= 4 is 5.78 Å². The molecular formula is C20H23NO2. The Hall–Kier alpha value is -2.13. The van der Waals surface area contributed by atoms with Crippen LogP contribution in [0.1, 0.15) is 53.7 Å². The number of rotatable bonds is 3. The van der Waals surface area contributed by atoms with Crippen LogP contribution in [-0.2, 0) is 6.54 Å². The van der Waals surface area contributed by atoms with Crippen molar-refractivity contribution in [3.63, 3.8) is 0 Å². The minimum Gasteiger partial charge on any atom is -0.496 e. The van der Waals surface area contributed by atoms with Crippen molar-refractivity contribution in [3.05, 3.63) is 64.7 Å². The van der Waals surface area contributed by atoms with Crippen LogP contribution in [0.25, 0.3) is 0 Å². The van der Waals surface area contributed by atoms with E-state index in [1.165, 1.54) is 5.56 Å². The van der Waals surface area contributed by atoms with E-state index in [1.54, 1.807) is 14.0 Å². The van der Waals surface area contributed by atoms with E-state index in [1.807, 2.05) is 18.2 Å². The number of nitrogens with one attached hydrogen (secondary N) is 1. The molecule has 1 atom stereocenters. The second kappa shape index (κ2) is 5.82. The van der Waals surface area contributed by atoms with Crippen LogP contribution in [0.15, 0.2) is 42.5 Å². The number of carbonyl (C=O) groups excluding carboxylic acids is 1. The molecule has 3 rings (SSSR count). The molecule has 0 bridgehead atoms. The zero-order valence-corrected chi connectivity index (χ0v) is 14.1. The highest BCUT2D eigenvalue weighted by molar-refractivity contribution is 5.96. The van der Waals surface area contributed by atoms with Crippen molar-refractivity contribution in [1.29, 1.82) is 0 Å². The molecule has 0 amide bonds. The van der Waals surface area contributed by atoms with E-state index >= 15 is 0 Å². The number of Topliss-reactive ketones (excluding diaryl/α,β-unsaturated/α-hetero) is 1. The maximum atomic E-state index is 12.1. The van der Waals surface area contributed by atoms with E-state index in [4.69, 9.17) is 4.74 Å². The topological polar surface area (TPSA) is 38.3 Å².